The lowest BCUT2D eigenvalue weighted by atomic mass is 9.75. The molecular formula is C23H30N4O3. The zero-order valence-electron chi connectivity index (χ0n) is 17.4. The van der Waals surface area contributed by atoms with Gasteiger partial charge in [0.1, 0.15) is 11.4 Å². The van der Waals surface area contributed by atoms with Crippen LogP contribution < -0.4 is 4.74 Å². The number of hydrogen-bond donors (Lipinski definition) is 1. The average Bonchev–Trinajstić information content (AvgIpc) is 3.34. The van der Waals surface area contributed by atoms with Crippen molar-refractivity contribution >= 4 is 11.8 Å². The van der Waals surface area contributed by atoms with E-state index in [1.54, 1.807) is 12.3 Å². The summed E-state index contributed by atoms with van der Waals surface area (Å²) >= 11 is 0. The molecule has 1 N–H and O–H groups in total. The summed E-state index contributed by atoms with van der Waals surface area (Å²) in [5.41, 5.74) is 0.252. The highest BCUT2D eigenvalue weighted by atomic mass is 16.5. The third-order valence-corrected chi connectivity index (χ3v) is 6.37. The molecule has 0 spiro atoms. The summed E-state index contributed by atoms with van der Waals surface area (Å²) in [6, 6.07) is 11.4. The summed E-state index contributed by atoms with van der Waals surface area (Å²) in [4.78, 5) is 29.6. The van der Waals surface area contributed by atoms with Gasteiger partial charge in [0.2, 0.25) is 5.91 Å². The van der Waals surface area contributed by atoms with Crippen LogP contribution in [-0.4, -0.2) is 64.6 Å². The second kappa shape index (κ2) is 9.32. The van der Waals surface area contributed by atoms with Crippen molar-refractivity contribution in [3.63, 3.8) is 0 Å². The van der Waals surface area contributed by atoms with Crippen molar-refractivity contribution in [3.05, 3.63) is 48.3 Å². The van der Waals surface area contributed by atoms with E-state index in [2.05, 4.69) is 10.2 Å². The molecule has 7 heteroatoms. The van der Waals surface area contributed by atoms with Gasteiger partial charge >= 0.3 is 0 Å². The molecule has 2 aliphatic heterocycles. The molecule has 2 aromatic rings. The van der Waals surface area contributed by atoms with E-state index < -0.39 is 0 Å². The maximum atomic E-state index is 13.1. The molecule has 30 heavy (non-hydrogen) atoms. The van der Waals surface area contributed by atoms with Crippen LogP contribution in [0.2, 0.25) is 0 Å². The van der Waals surface area contributed by atoms with Crippen molar-refractivity contribution in [1.29, 1.82) is 0 Å². The molecule has 3 heterocycles. The highest BCUT2D eigenvalue weighted by molar-refractivity contribution is 5.92. The van der Waals surface area contributed by atoms with Crippen LogP contribution in [0.1, 0.15) is 49.0 Å². The molecule has 2 fully saturated rings. The zero-order chi connectivity index (χ0) is 20.8. The fraction of sp³-hybridized carbons (Fsp3) is 0.522. The number of carbonyl (C=O) groups is 2. The summed E-state index contributed by atoms with van der Waals surface area (Å²) in [6.07, 6.45) is 6.95. The Bertz CT molecular complexity index is 823. The Morgan fingerprint density at radius 1 is 0.967 bits per heavy atom. The fourth-order valence-corrected chi connectivity index (χ4v) is 4.43. The largest absolute Gasteiger partial charge is 0.493 e. The highest BCUT2D eigenvalue weighted by Crippen LogP contribution is 2.37. The Morgan fingerprint density at radius 3 is 2.37 bits per heavy atom. The molecule has 2 aliphatic rings. The molecule has 1 aromatic carbocycles. The van der Waals surface area contributed by atoms with E-state index in [1.165, 1.54) is 6.42 Å². The van der Waals surface area contributed by atoms with Gasteiger partial charge in [-0.15, -0.1) is 0 Å². The number of rotatable bonds is 6. The molecule has 0 unspecified atom stereocenters. The lowest BCUT2D eigenvalue weighted by Crippen LogP contribution is -2.48. The molecule has 0 saturated carbocycles. The van der Waals surface area contributed by atoms with Gasteiger partial charge in [-0.3, -0.25) is 14.7 Å². The number of carbonyl (C=O) groups excluding carboxylic acids is 2. The van der Waals surface area contributed by atoms with Crippen LogP contribution in [0.3, 0.4) is 0 Å². The number of nitrogens with one attached hydrogen (secondary N) is 1. The third-order valence-electron chi connectivity index (χ3n) is 6.37. The summed E-state index contributed by atoms with van der Waals surface area (Å²) in [5.74, 6) is 1.01. The van der Waals surface area contributed by atoms with Crippen LogP contribution in [-0.2, 0) is 4.79 Å². The fourth-order valence-electron chi connectivity index (χ4n) is 4.43. The van der Waals surface area contributed by atoms with E-state index in [9.17, 15) is 9.59 Å². The van der Waals surface area contributed by atoms with Crippen LogP contribution in [0.5, 0.6) is 5.75 Å². The van der Waals surface area contributed by atoms with Gasteiger partial charge in [-0.2, -0.15) is 5.10 Å². The molecule has 1 aromatic heterocycles. The molecule has 2 amide bonds. The zero-order valence-corrected chi connectivity index (χ0v) is 17.4. The number of amides is 2. The summed E-state index contributed by atoms with van der Waals surface area (Å²) in [6.45, 7) is 3.44. The maximum absolute atomic E-state index is 13.1. The predicted molar refractivity (Wildman–Crippen MR) is 113 cm³/mol. The van der Waals surface area contributed by atoms with Gasteiger partial charge in [-0.25, -0.2) is 0 Å². The topological polar surface area (TPSA) is 78.5 Å². The number of likely N-dealkylation sites (tertiary alicyclic amines) is 2. The van der Waals surface area contributed by atoms with Gasteiger partial charge in [0.15, 0.2) is 0 Å². The number of benzene rings is 1. The quantitative estimate of drug-likeness (QED) is 0.794. The Labute approximate surface area is 177 Å². The van der Waals surface area contributed by atoms with Crippen LogP contribution in [0.25, 0.3) is 0 Å². The van der Waals surface area contributed by atoms with Gasteiger partial charge < -0.3 is 14.5 Å². The smallest absolute Gasteiger partial charge is 0.271 e. The molecule has 0 radical (unpaired) electrons. The van der Waals surface area contributed by atoms with E-state index in [1.807, 2.05) is 40.1 Å². The normalized spacial score (nSPS) is 18.8. The molecule has 4 rings (SSSR count). The summed E-state index contributed by atoms with van der Waals surface area (Å²) < 4.78 is 6.11. The van der Waals surface area contributed by atoms with Crippen LogP contribution in [0.4, 0.5) is 0 Å². The number of nitrogens with zero attached hydrogens (tertiary/aromatic N) is 3. The summed E-state index contributed by atoms with van der Waals surface area (Å²) in [7, 11) is 0. The first-order chi connectivity index (χ1) is 14.7. The molecular weight excluding hydrogens is 380 g/mol. The lowest BCUT2D eigenvalue weighted by molar-refractivity contribution is -0.136. The predicted octanol–water partition coefficient (Wildman–Crippen LogP) is 3.11. The van der Waals surface area contributed by atoms with Crippen molar-refractivity contribution in [2.45, 2.75) is 38.5 Å². The minimum Gasteiger partial charge on any atom is -0.493 e. The minimum atomic E-state index is -0.255. The second-order valence-corrected chi connectivity index (χ2v) is 8.48. The number of piperidine rings is 2. The standard InChI is InChI=1S/C23H30N4O3/c28-21(26-13-5-2-6-14-26)17-23(18-30-19-7-3-1-4-8-19)10-15-27(16-11-23)22(29)20-9-12-24-25-20/h1,3-4,7-9,12H,2,5-6,10-11,13-18H2,(H,24,25). The average molecular weight is 411 g/mol. The first kappa shape index (κ1) is 20.4. The maximum Gasteiger partial charge on any atom is 0.271 e. The highest BCUT2D eigenvalue weighted by Gasteiger charge is 2.40. The number of ether oxygens (including phenoxy) is 1. The SMILES string of the molecule is O=C(CC1(COc2ccccc2)CCN(C(=O)c2ccn[nH]2)CC1)N1CCCCC1. The van der Waals surface area contributed by atoms with E-state index in [0.717, 1.165) is 44.5 Å². The summed E-state index contributed by atoms with van der Waals surface area (Å²) in [5, 5.41) is 6.63. The Hall–Kier alpha value is -2.83. The Morgan fingerprint density at radius 2 is 1.70 bits per heavy atom. The third kappa shape index (κ3) is 4.83. The number of aromatic nitrogens is 2. The first-order valence-electron chi connectivity index (χ1n) is 10.9. The number of H-pyrrole nitrogens is 1. The van der Waals surface area contributed by atoms with E-state index >= 15 is 0 Å². The van der Waals surface area contributed by atoms with Crippen molar-refractivity contribution in [1.82, 2.24) is 20.0 Å². The Kier molecular flexibility index (Phi) is 6.35. The molecule has 2 saturated heterocycles. The minimum absolute atomic E-state index is 0.0348. The van der Waals surface area contributed by atoms with E-state index in [4.69, 9.17) is 4.74 Å². The first-order valence-corrected chi connectivity index (χ1v) is 10.9. The van der Waals surface area contributed by atoms with Gasteiger partial charge in [-0.05, 0) is 50.3 Å². The molecule has 7 nitrogen and oxygen atoms in total. The van der Waals surface area contributed by atoms with E-state index in [0.29, 0.717) is 31.8 Å². The number of para-hydroxylation sites is 1. The van der Waals surface area contributed by atoms with Crippen LogP contribution >= 0.6 is 0 Å². The molecule has 0 aliphatic carbocycles. The van der Waals surface area contributed by atoms with Crippen molar-refractivity contribution in [3.8, 4) is 5.75 Å². The van der Waals surface area contributed by atoms with Gasteiger partial charge in [0.25, 0.3) is 5.91 Å². The van der Waals surface area contributed by atoms with Crippen molar-refractivity contribution in [2.24, 2.45) is 5.41 Å². The number of hydrogen-bond acceptors (Lipinski definition) is 4. The Balaban J connectivity index is 1.43. The number of aromatic amines is 1. The van der Waals surface area contributed by atoms with E-state index in [-0.39, 0.29) is 17.2 Å². The van der Waals surface area contributed by atoms with Gasteiger partial charge in [0.05, 0.1) is 6.61 Å². The molecule has 0 atom stereocenters. The van der Waals surface area contributed by atoms with Gasteiger partial charge in [-0.1, -0.05) is 18.2 Å². The van der Waals surface area contributed by atoms with Crippen molar-refractivity contribution in [2.75, 3.05) is 32.8 Å². The molecule has 160 valence electrons. The van der Waals surface area contributed by atoms with Crippen LogP contribution in [0.15, 0.2) is 42.6 Å². The van der Waals surface area contributed by atoms with Crippen molar-refractivity contribution < 1.29 is 14.3 Å². The van der Waals surface area contributed by atoms with Gasteiger partial charge in [0, 0.05) is 44.2 Å². The monoisotopic (exact) mass is 410 g/mol. The lowest BCUT2D eigenvalue weighted by Gasteiger charge is -2.42. The van der Waals surface area contributed by atoms with Crippen LogP contribution in [0, 0.1) is 5.41 Å². The molecule has 0 bridgehead atoms. The second-order valence-electron chi connectivity index (χ2n) is 8.48.